The molecule has 110 valence electrons. The van der Waals surface area contributed by atoms with E-state index in [9.17, 15) is 4.39 Å². The number of hydrogen-bond acceptors (Lipinski definition) is 1. The summed E-state index contributed by atoms with van der Waals surface area (Å²) >= 11 is 6.06. The molecular formula is C19H15ClFN. The first-order chi connectivity index (χ1) is 10.6. The van der Waals surface area contributed by atoms with Gasteiger partial charge in [-0.3, -0.25) is 0 Å². The quantitative estimate of drug-likeness (QED) is 0.607. The lowest BCUT2D eigenvalue weighted by Crippen LogP contribution is -1.94. The highest BCUT2D eigenvalue weighted by Crippen LogP contribution is 2.29. The molecule has 0 unspecified atom stereocenters. The Balaban J connectivity index is 1.94. The van der Waals surface area contributed by atoms with E-state index in [1.165, 1.54) is 12.1 Å². The second-order valence-corrected chi connectivity index (χ2v) is 5.61. The molecule has 0 aliphatic heterocycles. The molecule has 0 saturated carbocycles. The summed E-state index contributed by atoms with van der Waals surface area (Å²) in [4.78, 5) is 0. The summed E-state index contributed by atoms with van der Waals surface area (Å²) in [5.41, 5.74) is 5.11. The summed E-state index contributed by atoms with van der Waals surface area (Å²) in [7, 11) is 0. The molecule has 3 heteroatoms. The minimum Gasteiger partial charge on any atom is -0.355 e. The van der Waals surface area contributed by atoms with Gasteiger partial charge in [0.1, 0.15) is 5.82 Å². The third-order valence-electron chi connectivity index (χ3n) is 3.52. The summed E-state index contributed by atoms with van der Waals surface area (Å²) in [6, 6.07) is 20.3. The molecule has 3 rings (SSSR count). The Morgan fingerprint density at radius 3 is 2.32 bits per heavy atom. The number of rotatable bonds is 3. The molecule has 0 aliphatic rings. The number of aryl methyl sites for hydroxylation is 1. The highest BCUT2D eigenvalue weighted by molar-refractivity contribution is 6.30. The van der Waals surface area contributed by atoms with Gasteiger partial charge >= 0.3 is 0 Å². The molecule has 0 heterocycles. The molecule has 0 aromatic heterocycles. The summed E-state index contributed by atoms with van der Waals surface area (Å²) in [5, 5.41) is 4.04. The number of anilines is 2. The van der Waals surface area contributed by atoms with Gasteiger partial charge in [-0.1, -0.05) is 35.9 Å². The zero-order chi connectivity index (χ0) is 15.5. The summed E-state index contributed by atoms with van der Waals surface area (Å²) in [5.74, 6) is -0.241. The van der Waals surface area contributed by atoms with Crippen molar-refractivity contribution in [1.29, 1.82) is 0 Å². The second-order valence-electron chi connectivity index (χ2n) is 5.17. The molecule has 1 N–H and O–H groups in total. The fourth-order valence-corrected chi connectivity index (χ4v) is 2.48. The lowest BCUT2D eigenvalue weighted by atomic mass is 10.0. The first-order valence-corrected chi connectivity index (χ1v) is 7.39. The van der Waals surface area contributed by atoms with Crippen LogP contribution in [-0.4, -0.2) is 0 Å². The van der Waals surface area contributed by atoms with E-state index < -0.39 is 0 Å². The topological polar surface area (TPSA) is 12.0 Å². The molecule has 0 amide bonds. The molecule has 0 bridgehead atoms. The van der Waals surface area contributed by atoms with Gasteiger partial charge in [0.25, 0.3) is 0 Å². The maximum absolute atomic E-state index is 13.0. The van der Waals surface area contributed by atoms with E-state index in [-0.39, 0.29) is 5.82 Å². The van der Waals surface area contributed by atoms with Crippen LogP contribution in [0.4, 0.5) is 15.8 Å². The van der Waals surface area contributed by atoms with Gasteiger partial charge in [-0.2, -0.15) is 0 Å². The highest BCUT2D eigenvalue weighted by atomic mass is 35.5. The van der Waals surface area contributed by atoms with E-state index in [0.717, 1.165) is 28.1 Å². The lowest BCUT2D eigenvalue weighted by molar-refractivity contribution is 0.628. The maximum Gasteiger partial charge on any atom is 0.123 e. The van der Waals surface area contributed by atoms with Crippen LogP contribution in [0.2, 0.25) is 5.02 Å². The van der Waals surface area contributed by atoms with Gasteiger partial charge in [0.2, 0.25) is 0 Å². The van der Waals surface area contributed by atoms with Gasteiger partial charge in [-0.25, -0.2) is 4.39 Å². The second kappa shape index (κ2) is 6.20. The summed E-state index contributed by atoms with van der Waals surface area (Å²) in [6.07, 6.45) is 0. The number of nitrogens with one attached hydrogen (secondary N) is 1. The van der Waals surface area contributed by atoms with E-state index in [0.29, 0.717) is 5.02 Å². The monoisotopic (exact) mass is 311 g/mol. The molecule has 22 heavy (non-hydrogen) atoms. The minimum absolute atomic E-state index is 0.241. The average molecular weight is 312 g/mol. The van der Waals surface area contributed by atoms with Crippen molar-refractivity contribution >= 4 is 23.0 Å². The predicted octanol–water partition coefficient (Wildman–Crippen LogP) is 6.20. The molecule has 1 nitrogen and oxygen atoms in total. The number of halogens is 2. The fourth-order valence-electron chi connectivity index (χ4n) is 2.29. The lowest BCUT2D eigenvalue weighted by Gasteiger charge is -2.12. The van der Waals surface area contributed by atoms with Crippen LogP contribution in [0.1, 0.15) is 5.56 Å². The normalized spacial score (nSPS) is 10.5. The molecule has 0 radical (unpaired) electrons. The predicted molar refractivity (Wildman–Crippen MR) is 91.3 cm³/mol. The van der Waals surface area contributed by atoms with Crippen molar-refractivity contribution in [1.82, 2.24) is 0 Å². The Morgan fingerprint density at radius 2 is 1.59 bits per heavy atom. The van der Waals surface area contributed by atoms with Crippen LogP contribution in [0.5, 0.6) is 0 Å². The third-order valence-corrected chi connectivity index (χ3v) is 3.75. The Morgan fingerprint density at radius 1 is 0.864 bits per heavy atom. The van der Waals surface area contributed by atoms with Gasteiger partial charge in [-0.05, 0) is 66.1 Å². The maximum atomic E-state index is 13.0. The molecule has 3 aromatic rings. The van der Waals surface area contributed by atoms with E-state index in [1.54, 1.807) is 12.1 Å². The van der Waals surface area contributed by atoms with Gasteiger partial charge in [0.15, 0.2) is 0 Å². The largest absolute Gasteiger partial charge is 0.355 e. The molecule has 0 atom stereocenters. The Labute approximate surface area is 134 Å². The van der Waals surface area contributed by atoms with Crippen molar-refractivity contribution in [2.24, 2.45) is 0 Å². The molecule has 0 aliphatic carbocycles. The van der Waals surface area contributed by atoms with Crippen LogP contribution >= 0.6 is 11.6 Å². The zero-order valence-electron chi connectivity index (χ0n) is 12.1. The fraction of sp³-hybridized carbons (Fsp3) is 0.0526. The van der Waals surface area contributed by atoms with Gasteiger partial charge < -0.3 is 5.32 Å². The molecule has 0 saturated heterocycles. The standard InChI is InChI=1S/C19H15ClFN/c1-13-5-6-15(14-3-2-4-16(20)11-14)12-19(13)22-18-9-7-17(21)8-10-18/h2-12,22H,1H3. The van der Waals surface area contributed by atoms with Crippen LogP contribution in [0.15, 0.2) is 66.7 Å². The highest BCUT2D eigenvalue weighted by Gasteiger charge is 2.04. The summed E-state index contributed by atoms with van der Waals surface area (Å²) < 4.78 is 13.0. The molecule has 0 fully saturated rings. The van der Waals surface area contributed by atoms with Crippen LogP contribution in [0, 0.1) is 12.7 Å². The van der Waals surface area contributed by atoms with Crippen molar-refractivity contribution in [2.45, 2.75) is 6.92 Å². The van der Waals surface area contributed by atoms with Crippen molar-refractivity contribution in [2.75, 3.05) is 5.32 Å². The van der Waals surface area contributed by atoms with E-state index in [4.69, 9.17) is 11.6 Å². The van der Waals surface area contributed by atoms with Crippen LogP contribution in [0.3, 0.4) is 0 Å². The molecule has 0 spiro atoms. The van der Waals surface area contributed by atoms with Crippen LogP contribution in [-0.2, 0) is 0 Å². The Hall–Kier alpha value is -2.32. The van der Waals surface area contributed by atoms with E-state index in [2.05, 4.69) is 23.5 Å². The molecule has 3 aromatic carbocycles. The van der Waals surface area contributed by atoms with Crippen molar-refractivity contribution in [3.8, 4) is 11.1 Å². The average Bonchev–Trinajstić information content (AvgIpc) is 2.52. The SMILES string of the molecule is Cc1ccc(-c2cccc(Cl)c2)cc1Nc1ccc(F)cc1. The Bertz CT molecular complexity index is 797. The van der Waals surface area contributed by atoms with Gasteiger partial charge in [-0.15, -0.1) is 0 Å². The number of hydrogen-bond donors (Lipinski definition) is 1. The minimum atomic E-state index is -0.241. The summed E-state index contributed by atoms with van der Waals surface area (Å²) in [6.45, 7) is 2.04. The van der Waals surface area contributed by atoms with Crippen LogP contribution < -0.4 is 5.32 Å². The van der Waals surface area contributed by atoms with Crippen LogP contribution in [0.25, 0.3) is 11.1 Å². The first kappa shape index (κ1) is 14.6. The molecular weight excluding hydrogens is 297 g/mol. The van der Waals surface area contributed by atoms with Crippen molar-refractivity contribution < 1.29 is 4.39 Å². The van der Waals surface area contributed by atoms with Crippen molar-refractivity contribution in [3.63, 3.8) is 0 Å². The van der Waals surface area contributed by atoms with E-state index in [1.807, 2.05) is 31.2 Å². The third kappa shape index (κ3) is 3.29. The van der Waals surface area contributed by atoms with Gasteiger partial charge in [0, 0.05) is 16.4 Å². The Kier molecular flexibility index (Phi) is 4.12. The smallest absolute Gasteiger partial charge is 0.123 e. The number of benzene rings is 3. The van der Waals surface area contributed by atoms with Gasteiger partial charge in [0.05, 0.1) is 0 Å². The van der Waals surface area contributed by atoms with E-state index >= 15 is 0 Å². The van der Waals surface area contributed by atoms with Crippen molar-refractivity contribution in [3.05, 3.63) is 83.1 Å². The zero-order valence-corrected chi connectivity index (χ0v) is 12.9. The first-order valence-electron chi connectivity index (χ1n) is 7.01.